The molecule has 17 heavy (non-hydrogen) atoms. The van der Waals surface area contributed by atoms with Crippen LogP contribution in [-0.2, 0) is 13.6 Å². The third kappa shape index (κ3) is 1.75. The van der Waals surface area contributed by atoms with Gasteiger partial charge in [0.1, 0.15) is 17.2 Å². The number of nitrogens with one attached hydrogen (secondary N) is 1. The first-order chi connectivity index (χ1) is 8.34. The van der Waals surface area contributed by atoms with E-state index in [1.54, 1.807) is 18.7 Å². The van der Waals surface area contributed by atoms with Crippen molar-refractivity contribution in [3.8, 4) is 0 Å². The number of aromatic nitrogens is 3. The molecule has 0 saturated heterocycles. The van der Waals surface area contributed by atoms with Crippen molar-refractivity contribution in [2.24, 2.45) is 7.05 Å². The molecule has 86 valence electrons. The zero-order valence-corrected chi connectivity index (χ0v) is 9.42. The van der Waals surface area contributed by atoms with Gasteiger partial charge in [-0.15, -0.1) is 0 Å². The first-order valence-electron chi connectivity index (χ1n) is 5.37. The highest BCUT2D eigenvalue weighted by Crippen LogP contribution is 2.21. The van der Waals surface area contributed by atoms with E-state index >= 15 is 0 Å². The summed E-state index contributed by atoms with van der Waals surface area (Å²) in [5.41, 5.74) is 0.836. The van der Waals surface area contributed by atoms with Crippen LogP contribution in [0.1, 0.15) is 5.82 Å². The predicted octanol–water partition coefficient (Wildman–Crippen LogP) is 2.17. The van der Waals surface area contributed by atoms with Crippen molar-refractivity contribution in [2.45, 2.75) is 6.54 Å². The van der Waals surface area contributed by atoms with E-state index in [1.807, 2.05) is 29.9 Å². The molecule has 0 aromatic carbocycles. The van der Waals surface area contributed by atoms with Crippen molar-refractivity contribution in [2.75, 3.05) is 5.32 Å². The lowest BCUT2D eigenvalue weighted by molar-refractivity contribution is 0.615. The number of anilines is 1. The van der Waals surface area contributed by atoms with Gasteiger partial charge in [0.25, 0.3) is 0 Å². The number of hydrogen-bond acceptors (Lipinski definition) is 4. The van der Waals surface area contributed by atoms with Crippen LogP contribution in [0.3, 0.4) is 0 Å². The molecule has 0 aliphatic carbocycles. The highest BCUT2D eigenvalue weighted by Gasteiger charge is 2.05. The summed E-state index contributed by atoms with van der Waals surface area (Å²) in [7, 11) is 1.97. The van der Waals surface area contributed by atoms with Crippen LogP contribution < -0.4 is 5.32 Å². The summed E-state index contributed by atoms with van der Waals surface area (Å²) in [4.78, 5) is 8.55. The van der Waals surface area contributed by atoms with Gasteiger partial charge in [-0.05, 0) is 12.1 Å². The molecule has 0 aliphatic heterocycles. The molecule has 0 amide bonds. The van der Waals surface area contributed by atoms with Gasteiger partial charge in [0.15, 0.2) is 0 Å². The largest absolute Gasteiger partial charge is 0.464 e. The molecule has 0 spiro atoms. The van der Waals surface area contributed by atoms with E-state index < -0.39 is 0 Å². The Hall–Kier alpha value is -2.30. The lowest BCUT2D eigenvalue weighted by Gasteiger charge is -2.06. The molecule has 3 aromatic heterocycles. The third-order valence-electron chi connectivity index (χ3n) is 2.71. The first-order valence-corrected chi connectivity index (χ1v) is 5.37. The van der Waals surface area contributed by atoms with Crippen LogP contribution in [0.5, 0.6) is 0 Å². The lowest BCUT2D eigenvalue weighted by atomic mass is 10.3. The van der Waals surface area contributed by atoms with Crippen LogP contribution in [0.25, 0.3) is 11.0 Å². The van der Waals surface area contributed by atoms with Gasteiger partial charge in [-0.1, -0.05) is 0 Å². The molecule has 3 aromatic rings. The van der Waals surface area contributed by atoms with Crippen molar-refractivity contribution in [3.05, 3.63) is 42.8 Å². The normalized spacial score (nSPS) is 10.9. The zero-order valence-electron chi connectivity index (χ0n) is 9.42. The highest BCUT2D eigenvalue weighted by molar-refractivity contribution is 5.87. The topological polar surface area (TPSA) is 55.9 Å². The number of aryl methyl sites for hydroxylation is 1. The molecule has 1 N–H and O–H groups in total. The molecule has 3 rings (SSSR count). The fourth-order valence-corrected chi connectivity index (χ4v) is 1.77. The minimum atomic E-state index is 0.640. The molecular weight excluding hydrogens is 216 g/mol. The number of fused-ring (bicyclic) bond motifs is 1. The minimum absolute atomic E-state index is 0.640. The SMILES string of the molecule is Cn1ccnc1CNc1nccc2occc12. The molecule has 0 aliphatic rings. The van der Waals surface area contributed by atoms with Gasteiger partial charge in [-0.2, -0.15) is 0 Å². The van der Waals surface area contributed by atoms with E-state index in [4.69, 9.17) is 4.42 Å². The maximum Gasteiger partial charge on any atom is 0.139 e. The Bertz CT molecular complexity index is 641. The number of hydrogen-bond donors (Lipinski definition) is 1. The van der Waals surface area contributed by atoms with Gasteiger partial charge in [0.2, 0.25) is 0 Å². The number of rotatable bonds is 3. The fourth-order valence-electron chi connectivity index (χ4n) is 1.77. The molecular formula is C12H12N4O. The van der Waals surface area contributed by atoms with Crippen LogP contribution in [0.2, 0.25) is 0 Å². The monoisotopic (exact) mass is 228 g/mol. The van der Waals surface area contributed by atoms with E-state index in [1.165, 1.54) is 0 Å². The Morgan fingerprint density at radius 2 is 2.24 bits per heavy atom. The third-order valence-corrected chi connectivity index (χ3v) is 2.71. The second-order valence-corrected chi connectivity index (χ2v) is 3.80. The van der Waals surface area contributed by atoms with E-state index in [9.17, 15) is 0 Å². The average Bonchev–Trinajstić information content (AvgIpc) is 2.95. The van der Waals surface area contributed by atoms with E-state index in [0.717, 1.165) is 22.6 Å². The van der Waals surface area contributed by atoms with Gasteiger partial charge >= 0.3 is 0 Å². The van der Waals surface area contributed by atoms with Gasteiger partial charge < -0.3 is 14.3 Å². The van der Waals surface area contributed by atoms with Gasteiger partial charge in [0.05, 0.1) is 18.2 Å². The molecule has 0 radical (unpaired) electrons. The van der Waals surface area contributed by atoms with Gasteiger partial charge in [-0.25, -0.2) is 9.97 Å². The summed E-state index contributed by atoms with van der Waals surface area (Å²) < 4.78 is 7.29. The van der Waals surface area contributed by atoms with E-state index in [-0.39, 0.29) is 0 Å². The van der Waals surface area contributed by atoms with Crippen molar-refractivity contribution in [3.63, 3.8) is 0 Å². The van der Waals surface area contributed by atoms with Crippen molar-refractivity contribution < 1.29 is 4.42 Å². The minimum Gasteiger partial charge on any atom is -0.464 e. The van der Waals surface area contributed by atoms with Gasteiger partial charge in [0, 0.05) is 25.6 Å². The maximum absolute atomic E-state index is 5.32. The molecule has 0 unspecified atom stereocenters. The number of furan rings is 1. The molecule has 0 saturated carbocycles. The van der Waals surface area contributed by atoms with E-state index in [0.29, 0.717) is 6.54 Å². The van der Waals surface area contributed by atoms with E-state index in [2.05, 4.69) is 15.3 Å². The average molecular weight is 228 g/mol. The summed E-state index contributed by atoms with van der Waals surface area (Å²) in [6.45, 7) is 0.640. The van der Waals surface area contributed by atoms with Crippen LogP contribution in [-0.4, -0.2) is 14.5 Å². The van der Waals surface area contributed by atoms with Crippen molar-refractivity contribution in [1.29, 1.82) is 0 Å². The molecule has 5 nitrogen and oxygen atoms in total. The summed E-state index contributed by atoms with van der Waals surface area (Å²) in [6.07, 6.45) is 7.09. The summed E-state index contributed by atoms with van der Waals surface area (Å²) in [5.74, 6) is 1.78. The Morgan fingerprint density at radius 1 is 1.29 bits per heavy atom. The highest BCUT2D eigenvalue weighted by atomic mass is 16.3. The second-order valence-electron chi connectivity index (χ2n) is 3.80. The summed E-state index contributed by atoms with van der Waals surface area (Å²) in [5, 5.41) is 4.25. The fraction of sp³-hybridized carbons (Fsp3) is 0.167. The number of nitrogens with zero attached hydrogens (tertiary/aromatic N) is 3. The maximum atomic E-state index is 5.32. The van der Waals surface area contributed by atoms with Crippen LogP contribution >= 0.6 is 0 Å². The van der Waals surface area contributed by atoms with Crippen LogP contribution in [0.15, 0.2) is 41.4 Å². The summed E-state index contributed by atoms with van der Waals surface area (Å²) >= 11 is 0. The van der Waals surface area contributed by atoms with Gasteiger partial charge in [-0.3, -0.25) is 0 Å². The quantitative estimate of drug-likeness (QED) is 0.746. The van der Waals surface area contributed by atoms with Crippen LogP contribution in [0.4, 0.5) is 5.82 Å². The Kier molecular flexibility index (Phi) is 2.29. The Balaban J connectivity index is 1.86. The van der Waals surface area contributed by atoms with Crippen molar-refractivity contribution >= 4 is 16.8 Å². The molecule has 3 heterocycles. The van der Waals surface area contributed by atoms with Crippen LogP contribution in [0, 0.1) is 0 Å². The number of imidazole rings is 1. The summed E-state index contributed by atoms with van der Waals surface area (Å²) in [6, 6.07) is 3.75. The number of pyridine rings is 1. The smallest absolute Gasteiger partial charge is 0.139 e. The second kappa shape index (κ2) is 3.93. The van der Waals surface area contributed by atoms with Crippen molar-refractivity contribution in [1.82, 2.24) is 14.5 Å². The Labute approximate surface area is 98.1 Å². The molecule has 5 heteroatoms. The molecule has 0 atom stereocenters. The first kappa shape index (κ1) is 9.89. The molecule has 0 bridgehead atoms. The Morgan fingerprint density at radius 3 is 3.06 bits per heavy atom. The molecule has 0 fully saturated rings. The lowest BCUT2D eigenvalue weighted by Crippen LogP contribution is -2.06. The zero-order chi connectivity index (χ0) is 11.7. The standard InChI is InChI=1S/C12H12N4O/c1-16-6-5-13-11(16)8-15-12-9-3-7-17-10(9)2-4-14-12/h2-7H,8H2,1H3,(H,14,15). The predicted molar refractivity (Wildman–Crippen MR) is 64.5 cm³/mol.